The third-order valence-corrected chi connectivity index (χ3v) is 3.64. The summed E-state index contributed by atoms with van der Waals surface area (Å²) in [5, 5.41) is 0. The fourth-order valence-electron chi connectivity index (χ4n) is 2.49. The molecule has 5 nitrogen and oxygen atoms in total. The van der Waals surface area contributed by atoms with E-state index in [0.717, 1.165) is 18.6 Å². The van der Waals surface area contributed by atoms with Gasteiger partial charge in [0.1, 0.15) is 5.75 Å². The number of hydrogen-bond donors (Lipinski definition) is 0. The molecule has 0 aliphatic carbocycles. The van der Waals surface area contributed by atoms with Crippen LogP contribution >= 0.6 is 0 Å². The molecule has 1 atom stereocenters. The van der Waals surface area contributed by atoms with E-state index in [9.17, 15) is 9.59 Å². The molecule has 5 heteroatoms. The second kappa shape index (κ2) is 7.67. The molecule has 21 heavy (non-hydrogen) atoms. The van der Waals surface area contributed by atoms with Crippen LogP contribution in [-0.2, 0) is 14.3 Å². The maximum Gasteiger partial charge on any atom is 0.310 e. The van der Waals surface area contributed by atoms with Crippen molar-refractivity contribution in [1.82, 2.24) is 4.90 Å². The van der Waals surface area contributed by atoms with Crippen LogP contribution in [0.1, 0.15) is 19.3 Å². The molecule has 0 unspecified atom stereocenters. The molecule has 1 fully saturated rings. The minimum absolute atomic E-state index is 0.0273. The molecule has 0 radical (unpaired) electrons. The molecule has 1 saturated heterocycles. The summed E-state index contributed by atoms with van der Waals surface area (Å²) in [6.45, 7) is 1.51. The number of amides is 1. The summed E-state index contributed by atoms with van der Waals surface area (Å²) >= 11 is 0. The van der Waals surface area contributed by atoms with Gasteiger partial charge in [0.25, 0.3) is 0 Å². The molecule has 0 spiro atoms. The van der Waals surface area contributed by atoms with Gasteiger partial charge in [-0.15, -0.1) is 0 Å². The maximum atomic E-state index is 12.1. The highest BCUT2D eigenvalue weighted by Crippen LogP contribution is 2.18. The monoisotopic (exact) mass is 291 g/mol. The van der Waals surface area contributed by atoms with Crippen molar-refractivity contribution in [1.29, 1.82) is 0 Å². The van der Waals surface area contributed by atoms with Crippen molar-refractivity contribution in [3.8, 4) is 5.75 Å². The second-order valence-electron chi connectivity index (χ2n) is 5.11. The van der Waals surface area contributed by atoms with Gasteiger partial charge in [0.05, 0.1) is 26.1 Å². The number of ether oxygens (including phenoxy) is 2. The van der Waals surface area contributed by atoms with E-state index >= 15 is 0 Å². The number of esters is 1. The molecule has 0 bridgehead atoms. The van der Waals surface area contributed by atoms with Gasteiger partial charge in [-0.1, -0.05) is 18.2 Å². The zero-order valence-electron chi connectivity index (χ0n) is 12.3. The maximum absolute atomic E-state index is 12.1. The lowest BCUT2D eigenvalue weighted by molar-refractivity contribution is -0.149. The van der Waals surface area contributed by atoms with Crippen LogP contribution in [0.2, 0.25) is 0 Å². The lowest BCUT2D eigenvalue weighted by Crippen LogP contribution is -2.43. The van der Waals surface area contributed by atoms with Crippen molar-refractivity contribution in [3.05, 3.63) is 30.3 Å². The number of likely N-dealkylation sites (tertiary alicyclic amines) is 1. The van der Waals surface area contributed by atoms with Crippen molar-refractivity contribution < 1.29 is 19.1 Å². The van der Waals surface area contributed by atoms with Crippen molar-refractivity contribution in [2.45, 2.75) is 19.3 Å². The summed E-state index contributed by atoms with van der Waals surface area (Å²) < 4.78 is 10.3. The third kappa shape index (κ3) is 4.48. The van der Waals surface area contributed by atoms with E-state index < -0.39 is 0 Å². The van der Waals surface area contributed by atoms with Crippen molar-refractivity contribution in [2.75, 3.05) is 26.8 Å². The standard InChI is InChI=1S/C16H21NO4/c1-20-16(19)13-6-5-10-17(12-13)15(18)9-11-21-14-7-3-2-4-8-14/h2-4,7-8,13H,5-6,9-12H2,1H3/t13-/m0/s1. The Labute approximate surface area is 124 Å². The average Bonchev–Trinajstić information content (AvgIpc) is 2.55. The molecule has 0 saturated carbocycles. The Balaban J connectivity index is 1.76. The minimum atomic E-state index is -0.229. The van der Waals surface area contributed by atoms with Crippen LogP contribution in [0.25, 0.3) is 0 Å². The predicted molar refractivity (Wildman–Crippen MR) is 77.9 cm³/mol. The largest absolute Gasteiger partial charge is 0.493 e. The molecule has 1 amide bonds. The number of hydrogen-bond acceptors (Lipinski definition) is 4. The van der Waals surface area contributed by atoms with E-state index in [2.05, 4.69) is 0 Å². The smallest absolute Gasteiger partial charge is 0.310 e. The molecule has 1 heterocycles. The van der Waals surface area contributed by atoms with Gasteiger partial charge in [0.2, 0.25) is 5.91 Å². The highest BCUT2D eigenvalue weighted by atomic mass is 16.5. The molecule has 0 N–H and O–H groups in total. The summed E-state index contributed by atoms with van der Waals surface area (Å²) in [6.07, 6.45) is 1.95. The number of nitrogens with zero attached hydrogens (tertiary/aromatic N) is 1. The molecule has 1 aromatic rings. The van der Waals surface area contributed by atoms with Crippen molar-refractivity contribution in [3.63, 3.8) is 0 Å². The topological polar surface area (TPSA) is 55.8 Å². The van der Waals surface area contributed by atoms with Gasteiger partial charge >= 0.3 is 5.97 Å². The Bertz CT molecular complexity index is 474. The van der Waals surface area contributed by atoms with Crippen LogP contribution in [0.15, 0.2) is 30.3 Å². The number of methoxy groups -OCH3 is 1. The lowest BCUT2D eigenvalue weighted by Gasteiger charge is -2.31. The fraction of sp³-hybridized carbons (Fsp3) is 0.500. The van der Waals surface area contributed by atoms with Gasteiger partial charge in [0, 0.05) is 13.1 Å². The van der Waals surface area contributed by atoms with Crippen LogP contribution in [0.5, 0.6) is 5.75 Å². The highest BCUT2D eigenvalue weighted by Gasteiger charge is 2.28. The van der Waals surface area contributed by atoms with Gasteiger partial charge in [-0.05, 0) is 25.0 Å². The van der Waals surface area contributed by atoms with E-state index in [4.69, 9.17) is 9.47 Å². The minimum Gasteiger partial charge on any atom is -0.493 e. The number of benzene rings is 1. The zero-order valence-corrected chi connectivity index (χ0v) is 12.3. The number of piperidine rings is 1. The Morgan fingerprint density at radius 3 is 2.76 bits per heavy atom. The SMILES string of the molecule is COC(=O)[C@H]1CCCN(C(=O)CCOc2ccccc2)C1. The first-order valence-corrected chi connectivity index (χ1v) is 7.24. The fourth-order valence-corrected chi connectivity index (χ4v) is 2.49. The van der Waals surface area contributed by atoms with Crippen LogP contribution in [0.3, 0.4) is 0 Å². The van der Waals surface area contributed by atoms with Crippen LogP contribution in [0, 0.1) is 5.92 Å². The summed E-state index contributed by atoms with van der Waals surface area (Å²) in [4.78, 5) is 25.4. The first-order chi connectivity index (χ1) is 10.2. The Hall–Kier alpha value is -2.04. The van der Waals surface area contributed by atoms with Gasteiger partial charge in [-0.25, -0.2) is 0 Å². The van der Waals surface area contributed by atoms with E-state index in [1.165, 1.54) is 7.11 Å². The van der Waals surface area contributed by atoms with E-state index in [1.807, 2.05) is 30.3 Å². The molecule has 1 aromatic carbocycles. The highest BCUT2D eigenvalue weighted by molar-refractivity contribution is 5.78. The van der Waals surface area contributed by atoms with Gasteiger partial charge < -0.3 is 14.4 Å². The van der Waals surface area contributed by atoms with E-state index in [1.54, 1.807) is 4.90 Å². The van der Waals surface area contributed by atoms with E-state index in [0.29, 0.717) is 26.1 Å². The van der Waals surface area contributed by atoms with Gasteiger partial charge in [-0.2, -0.15) is 0 Å². The molecular formula is C16H21NO4. The van der Waals surface area contributed by atoms with Crippen molar-refractivity contribution >= 4 is 11.9 Å². The Kier molecular flexibility index (Phi) is 5.60. The normalized spacial score (nSPS) is 18.1. The first-order valence-electron chi connectivity index (χ1n) is 7.24. The average molecular weight is 291 g/mol. The Morgan fingerprint density at radius 2 is 2.05 bits per heavy atom. The zero-order chi connectivity index (χ0) is 15.1. The molecule has 2 rings (SSSR count). The Morgan fingerprint density at radius 1 is 1.29 bits per heavy atom. The molecular weight excluding hydrogens is 270 g/mol. The van der Waals surface area contributed by atoms with Crippen LogP contribution in [-0.4, -0.2) is 43.6 Å². The summed E-state index contributed by atoms with van der Waals surface area (Å²) in [5.41, 5.74) is 0. The van der Waals surface area contributed by atoms with Gasteiger partial charge in [-0.3, -0.25) is 9.59 Å². The number of para-hydroxylation sites is 1. The van der Waals surface area contributed by atoms with Crippen LogP contribution < -0.4 is 4.74 Å². The lowest BCUT2D eigenvalue weighted by atomic mass is 9.98. The molecule has 114 valence electrons. The third-order valence-electron chi connectivity index (χ3n) is 3.64. The molecule has 1 aliphatic rings. The predicted octanol–water partition coefficient (Wildman–Crippen LogP) is 1.87. The number of rotatable bonds is 5. The second-order valence-corrected chi connectivity index (χ2v) is 5.11. The van der Waals surface area contributed by atoms with Gasteiger partial charge in [0.15, 0.2) is 0 Å². The number of carbonyl (C=O) groups is 2. The summed E-state index contributed by atoms with van der Waals surface area (Å²) in [6, 6.07) is 9.42. The summed E-state index contributed by atoms with van der Waals surface area (Å²) in [5.74, 6) is 0.367. The summed E-state index contributed by atoms with van der Waals surface area (Å²) in [7, 11) is 1.39. The van der Waals surface area contributed by atoms with E-state index in [-0.39, 0.29) is 17.8 Å². The first kappa shape index (κ1) is 15.4. The van der Waals surface area contributed by atoms with Crippen LogP contribution in [0.4, 0.5) is 0 Å². The molecule has 1 aliphatic heterocycles. The molecule has 0 aromatic heterocycles. The van der Waals surface area contributed by atoms with Crippen molar-refractivity contribution in [2.24, 2.45) is 5.92 Å². The number of carbonyl (C=O) groups excluding carboxylic acids is 2. The quantitative estimate of drug-likeness (QED) is 0.777.